The largest absolute Gasteiger partial charge is 0.437 e. The minimum absolute atomic E-state index is 0.0777. The monoisotopic (exact) mass is 526 g/mol. The van der Waals surface area contributed by atoms with Crippen LogP contribution in [-0.4, -0.2) is 18.0 Å². The fourth-order valence-corrected chi connectivity index (χ4v) is 2.97. The van der Waals surface area contributed by atoms with Gasteiger partial charge in [0.1, 0.15) is 5.75 Å². The predicted octanol–water partition coefficient (Wildman–Crippen LogP) is 6.78. The van der Waals surface area contributed by atoms with Gasteiger partial charge in [0.05, 0.1) is 20.1 Å². The van der Waals surface area contributed by atoms with Crippen LogP contribution in [0, 0.1) is 0 Å². The van der Waals surface area contributed by atoms with Gasteiger partial charge in [-0.3, -0.25) is 15.5 Å². The lowest BCUT2D eigenvalue weighted by Gasteiger charge is -2.08. The molecule has 8 nitrogen and oxygen atoms in total. The van der Waals surface area contributed by atoms with Gasteiger partial charge in [-0.15, -0.1) is 0 Å². The van der Waals surface area contributed by atoms with Gasteiger partial charge in [0.15, 0.2) is 5.84 Å². The van der Waals surface area contributed by atoms with Crippen molar-refractivity contribution in [1.82, 2.24) is 0 Å². The molecule has 4 N–H and O–H groups in total. The lowest BCUT2D eigenvalue weighted by Crippen LogP contribution is -2.18. The first kappa shape index (κ1) is 24.5. The number of nitrogens with two attached hydrogens (primary N) is 1. The van der Waals surface area contributed by atoms with E-state index in [2.05, 4.69) is 15.8 Å². The van der Waals surface area contributed by atoms with Gasteiger partial charge in [0.2, 0.25) is 0 Å². The zero-order valence-corrected chi connectivity index (χ0v) is 19.5. The van der Waals surface area contributed by atoms with Crippen LogP contribution in [0.15, 0.2) is 65.8 Å². The summed E-state index contributed by atoms with van der Waals surface area (Å²) in [6.07, 6.45) is -1.61. The van der Waals surface area contributed by atoms with E-state index in [9.17, 15) is 9.59 Å². The molecule has 33 heavy (non-hydrogen) atoms. The first-order valence-corrected chi connectivity index (χ1v) is 10.5. The molecule has 0 aromatic heterocycles. The molecule has 170 valence electrons. The highest BCUT2D eigenvalue weighted by Gasteiger charge is 2.09. The molecule has 0 radical (unpaired) electrons. The third-order valence-corrected chi connectivity index (χ3v) is 5.40. The van der Waals surface area contributed by atoms with Gasteiger partial charge >= 0.3 is 12.2 Å². The van der Waals surface area contributed by atoms with E-state index in [1.807, 2.05) is 0 Å². The number of carbonyl (C=O) groups excluding carboxylic acids is 2. The molecule has 0 fully saturated rings. The summed E-state index contributed by atoms with van der Waals surface area (Å²) in [4.78, 5) is 28.6. The summed E-state index contributed by atoms with van der Waals surface area (Å²) < 4.78 is 5.18. The summed E-state index contributed by atoms with van der Waals surface area (Å²) in [5, 5.41) is 9.79. The van der Waals surface area contributed by atoms with Crippen molar-refractivity contribution >= 4 is 75.8 Å². The summed E-state index contributed by atoms with van der Waals surface area (Å²) in [6, 6.07) is 15.2. The number of ether oxygens (including phenoxy) is 1. The minimum Gasteiger partial charge on any atom is -0.410 e. The van der Waals surface area contributed by atoms with Crippen LogP contribution >= 0.6 is 46.4 Å². The van der Waals surface area contributed by atoms with Gasteiger partial charge in [-0.05, 0) is 60.7 Å². The van der Waals surface area contributed by atoms with Gasteiger partial charge in [-0.25, -0.2) is 9.59 Å². The molecule has 0 unspecified atom stereocenters. The first-order valence-electron chi connectivity index (χ1n) is 9.02. The molecule has 0 saturated carbocycles. The molecular weight excluding hydrogens is 514 g/mol. The lowest BCUT2D eigenvalue weighted by atomic mass is 10.2. The zero-order valence-electron chi connectivity index (χ0n) is 16.4. The summed E-state index contributed by atoms with van der Waals surface area (Å²) >= 11 is 23.5. The third kappa shape index (κ3) is 7.16. The fourth-order valence-electron chi connectivity index (χ4n) is 2.38. The average Bonchev–Trinajstić information content (AvgIpc) is 2.77. The Morgan fingerprint density at radius 3 is 1.76 bits per heavy atom. The molecule has 2 amide bonds. The second-order valence-corrected chi connectivity index (χ2v) is 7.91. The van der Waals surface area contributed by atoms with Crippen molar-refractivity contribution in [3.05, 3.63) is 86.3 Å². The van der Waals surface area contributed by atoms with Crippen LogP contribution < -0.4 is 21.1 Å². The van der Waals surface area contributed by atoms with Crippen molar-refractivity contribution in [3.8, 4) is 5.75 Å². The quantitative estimate of drug-likeness (QED) is 0.146. The minimum atomic E-state index is -0.879. The number of benzene rings is 3. The number of halogens is 4. The van der Waals surface area contributed by atoms with Crippen molar-refractivity contribution in [2.24, 2.45) is 10.9 Å². The topological polar surface area (TPSA) is 115 Å². The smallest absolute Gasteiger partial charge is 0.410 e. The summed E-state index contributed by atoms with van der Waals surface area (Å²) in [5.74, 6) is 0.161. The highest BCUT2D eigenvalue weighted by Crippen LogP contribution is 2.26. The number of amidine groups is 1. The lowest BCUT2D eigenvalue weighted by molar-refractivity contribution is 0.166. The maximum absolute atomic E-state index is 12.0. The molecule has 0 heterocycles. The summed E-state index contributed by atoms with van der Waals surface area (Å²) in [7, 11) is 0. The van der Waals surface area contributed by atoms with E-state index in [-0.39, 0.29) is 16.6 Å². The molecular formula is C21H14Cl4N4O4. The Balaban J connectivity index is 1.54. The van der Waals surface area contributed by atoms with Gasteiger partial charge in [0.25, 0.3) is 0 Å². The molecule has 0 saturated heterocycles. The van der Waals surface area contributed by atoms with Crippen LogP contribution in [0.25, 0.3) is 0 Å². The highest BCUT2D eigenvalue weighted by molar-refractivity contribution is 6.42. The molecule has 0 aliphatic carbocycles. The van der Waals surface area contributed by atoms with E-state index in [4.69, 9.17) is 61.7 Å². The van der Waals surface area contributed by atoms with Gasteiger partial charge < -0.3 is 10.5 Å². The van der Waals surface area contributed by atoms with Crippen molar-refractivity contribution in [2.45, 2.75) is 0 Å². The van der Waals surface area contributed by atoms with Crippen molar-refractivity contribution in [1.29, 1.82) is 0 Å². The van der Waals surface area contributed by atoms with E-state index in [0.29, 0.717) is 32.0 Å². The van der Waals surface area contributed by atoms with Gasteiger partial charge in [0, 0.05) is 16.9 Å². The number of hydrogen-bond acceptors (Lipinski definition) is 5. The molecule has 0 aliphatic rings. The van der Waals surface area contributed by atoms with Crippen LogP contribution in [0.4, 0.5) is 21.0 Å². The van der Waals surface area contributed by atoms with Crippen LogP contribution in [-0.2, 0) is 4.84 Å². The maximum atomic E-state index is 12.0. The first-order chi connectivity index (χ1) is 15.7. The number of nitrogens with one attached hydrogen (secondary N) is 2. The van der Waals surface area contributed by atoms with E-state index < -0.39 is 12.2 Å². The molecule has 3 aromatic carbocycles. The summed E-state index contributed by atoms with van der Waals surface area (Å²) in [5.41, 5.74) is 7.03. The number of nitrogens with zero attached hydrogens (tertiary/aromatic N) is 1. The second-order valence-electron chi connectivity index (χ2n) is 6.28. The normalized spacial score (nSPS) is 11.0. The number of oxime groups is 1. The molecule has 0 spiro atoms. The van der Waals surface area contributed by atoms with E-state index >= 15 is 0 Å². The molecule has 3 aromatic rings. The number of amides is 2. The number of hydrogen-bond donors (Lipinski definition) is 3. The molecule has 0 atom stereocenters. The Morgan fingerprint density at radius 2 is 1.24 bits per heavy atom. The van der Waals surface area contributed by atoms with E-state index in [1.54, 1.807) is 18.2 Å². The highest BCUT2D eigenvalue weighted by atomic mass is 35.5. The van der Waals surface area contributed by atoms with Crippen molar-refractivity contribution in [3.63, 3.8) is 0 Å². The molecule has 0 aliphatic heterocycles. The van der Waals surface area contributed by atoms with Crippen LogP contribution in [0.5, 0.6) is 5.75 Å². The van der Waals surface area contributed by atoms with Crippen LogP contribution in [0.3, 0.4) is 0 Å². The second kappa shape index (κ2) is 11.1. The van der Waals surface area contributed by atoms with Gasteiger partial charge in [-0.1, -0.05) is 51.6 Å². The standard InChI is InChI=1S/C21H14Cl4N4O4/c22-15-7-3-12(9-17(15)24)27-20(30)32-14-5-1-11(2-6-14)19(26)29-33-21(31)28-13-4-8-16(23)18(25)10-13/h1-10H,(H2,26,29)(H,27,30)(H,28,31). The number of carbonyl (C=O) groups is 2. The fraction of sp³-hybridized carbons (Fsp3) is 0. The molecule has 0 bridgehead atoms. The third-order valence-electron chi connectivity index (χ3n) is 3.92. The zero-order chi connectivity index (χ0) is 24.0. The Kier molecular flexibility index (Phi) is 8.24. The SMILES string of the molecule is N/C(=N\OC(=O)Nc1ccc(Cl)c(Cl)c1)c1ccc(OC(=O)Nc2ccc(Cl)c(Cl)c2)cc1. The Labute approximate surface area is 208 Å². The predicted molar refractivity (Wildman–Crippen MR) is 130 cm³/mol. The molecule has 3 rings (SSSR count). The number of anilines is 2. The van der Waals surface area contributed by atoms with E-state index in [1.165, 1.54) is 42.5 Å². The average molecular weight is 528 g/mol. The maximum Gasteiger partial charge on any atom is 0.437 e. The van der Waals surface area contributed by atoms with Gasteiger partial charge in [-0.2, -0.15) is 0 Å². The Hall–Kier alpha value is -3.17. The van der Waals surface area contributed by atoms with Crippen LogP contribution in [0.2, 0.25) is 20.1 Å². The van der Waals surface area contributed by atoms with E-state index in [0.717, 1.165) is 0 Å². The Bertz CT molecular complexity index is 1220. The summed E-state index contributed by atoms with van der Waals surface area (Å²) in [6.45, 7) is 0. The van der Waals surface area contributed by atoms with Crippen molar-refractivity contribution < 1.29 is 19.2 Å². The van der Waals surface area contributed by atoms with Crippen molar-refractivity contribution in [2.75, 3.05) is 10.6 Å². The van der Waals surface area contributed by atoms with Crippen LogP contribution in [0.1, 0.15) is 5.56 Å². The number of rotatable bonds is 5. The Morgan fingerprint density at radius 1 is 0.727 bits per heavy atom. The molecule has 12 heteroatoms.